The summed E-state index contributed by atoms with van der Waals surface area (Å²) < 4.78 is 0. The highest BCUT2D eigenvalue weighted by Gasteiger charge is 2.25. The highest BCUT2D eigenvalue weighted by Crippen LogP contribution is 2.18. The number of carbonyl (C=O) groups excluding carboxylic acids is 1. The fraction of sp³-hybridized carbons (Fsp3) is 0.588. The standard InChI is InChI=1S/C17H27N3O/c1-18-11-8-14-6-4-5-7-16(14)17(21)20-12-9-15(10-13-20)19(2)3/h4-7,15,18H,8-13H2,1-3H3. The molecular weight excluding hydrogens is 262 g/mol. The molecule has 0 aliphatic carbocycles. The number of piperidine rings is 1. The molecule has 0 bridgehead atoms. The maximum atomic E-state index is 12.8. The molecule has 1 aliphatic rings. The molecule has 1 aromatic rings. The van der Waals surface area contributed by atoms with Crippen molar-refractivity contribution in [3.05, 3.63) is 35.4 Å². The Kier molecular flexibility index (Phi) is 5.76. The second kappa shape index (κ2) is 7.57. The summed E-state index contributed by atoms with van der Waals surface area (Å²) in [7, 11) is 6.18. The minimum atomic E-state index is 0.193. The Bertz CT molecular complexity index is 465. The number of amides is 1. The van der Waals surface area contributed by atoms with E-state index in [1.165, 1.54) is 0 Å². The zero-order chi connectivity index (χ0) is 15.2. The molecule has 0 spiro atoms. The van der Waals surface area contributed by atoms with E-state index >= 15 is 0 Å². The number of carbonyl (C=O) groups is 1. The van der Waals surface area contributed by atoms with Gasteiger partial charge in [-0.3, -0.25) is 4.79 Å². The molecule has 0 atom stereocenters. The van der Waals surface area contributed by atoms with Crippen molar-refractivity contribution in [2.24, 2.45) is 0 Å². The summed E-state index contributed by atoms with van der Waals surface area (Å²) in [5.41, 5.74) is 2.02. The van der Waals surface area contributed by atoms with E-state index in [0.29, 0.717) is 6.04 Å². The first kappa shape index (κ1) is 16.0. The van der Waals surface area contributed by atoms with E-state index in [1.54, 1.807) is 0 Å². The lowest BCUT2D eigenvalue weighted by molar-refractivity contribution is 0.0662. The topological polar surface area (TPSA) is 35.6 Å². The van der Waals surface area contributed by atoms with E-state index < -0.39 is 0 Å². The number of rotatable bonds is 5. The van der Waals surface area contributed by atoms with Crippen LogP contribution in [-0.2, 0) is 6.42 Å². The van der Waals surface area contributed by atoms with Crippen LogP contribution < -0.4 is 5.32 Å². The first-order chi connectivity index (χ1) is 10.1. The van der Waals surface area contributed by atoms with Crippen molar-refractivity contribution in [1.29, 1.82) is 0 Å². The van der Waals surface area contributed by atoms with Gasteiger partial charge in [-0.15, -0.1) is 0 Å². The SMILES string of the molecule is CNCCc1ccccc1C(=O)N1CCC(N(C)C)CC1. The number of nitrogens with zero attached hydrogens (tertiary/aromatic N) is 2. The van der Waals surface area contributed by atoms with Crippen LogP contribution in [0.15, 0.2) is 24.3 Å². The molecule has 1 amide bonds. The van der Waals surface area contributed by atoms with Crippen molar-refractivity contribution in [3.8, 4) is 0 Å². The summed E-state index contributed by atoms with van der Waals surface area (Å²) in [5, 5.41) is 3.15. The average Bonchev–Trinajstić information content (AvgIpc) is 2.52. The molecule has 1 saturated heterocycles. The maximum absolute atomic E-state index is 12.8. The van der Waals surface area contributed by atoms with Crippen LogP contribution in [0.5, 0.6) is 0 Å². The molecule has 21 heavy (non-hydrogen) atoms. The fourth-order valence-electron chi connectivity index (χ4n) is 2.96. The van der Waals surface area contributed by atoms with Gasteiger partial charge in [-0.2, -0.15) is 0 Å². The molecule has 1 heterocycles. The van der Waals surface area contributed by atoms with Crippen molar-refractivity contribution in [3.63, 3.8) is 0 Å². The summed E-state index contributed by atoms with van der Waals surface area (Å²) in [6.45, 7) is 2.62. The second-order valence-corrected chi connectivity index (χ2v) is 6.00. The highest BCUT2D eigenvalue weighted by atomic mass is 16.2. The molecule has 4 heteroatoms. The lowest BCUT2D eigenvalue weighted by Gasteiger charge is -2.35. The number of hydrogen-bond donors (Lipinski definition) is 1. The van der Waals surface area contributed by atoms with E-state index in [0.717, 1.165) is 50.0 Å². The number of likely N-dealkylation sites (N-methyl/N-ethyl adjacent to an activating group) is 1. The van der Waals surface area contributed by atoms with E-state index in [9.17, 15) is 4.79 Å². The second-order valence-electron chi connectivity index (χ2n) is 6.00. The van der Waals surface area contributed by atoms with Gasteiger partial charge < -0.3 is 15.1 Å². The zero-order valence-electron chi connectivity index (χ0n) is 13.4. The van der Waals surface area contributed by atoms with Crippen LogP contribution >= 0.6 is 0 Å². The third kappa shape index (κ3) is 4.05. The van der Waals surface area contributed by atoms with E-state index in [-0.39, 0.29) is 5.91 Å². The summed E-state index contributed by atoms with van der Waals surface area (Å²) >= 11 is 0. The van der Waals surface area contributed by atoms with Gasteiger partial charge in [-0.05, 0) is 58.6 Å². The Labute approximate surface area is 128 Å². The van der Waals surface area contributed by atoms with Crippen LogP contribution in [0, 0.1) is 0 Å². The summed E-state index contributed by atoms with van der Waals surface area (Å²) in [6.07, 6.45) is 3.03. The summed E-state index contributed by atoms with van der Waals surface area (Å²) in [5.74, 6) is 0.193. The predicted octanol–water partition coefficient (Wildman–Crippen LogP) is 1.61. The number of hydrogen-bond acceptors (Lipinski definition) is 3. The van der Waals surface area contributed by atoms with E-state index in [2.05, 4.69) is 30.4 Å². The van der Waals surface area contributed by atoms with Gasteiger partial charge >= 0.3 is 0 Å². The number of likely N-dealkylation sites (tertiary alicyclic amines) is 1. The summed E-state index contributed by atoms with van der Waals surface area (Å²) in [4.78, 5) is 17.0. The molecule has 1 aromatic carbocycles. The molecule has 116 valence electrons. The van der Waals surface area contributed by atoms with Crippen LogP contribution in [-0.4, -0.2) is 62.5 Å². The molecule has 1 aliphatic heterocycles. The Morgan fingerprint density at radius 1 is 1.29 bits per heavy atom. The number of benzene rings is 1. The van der Waals surface area contributed by atoms with Gasteiger partial charge in [0.15, 0.2) is 0 Å². The van der Waals surface area contributed by atoms with Crippen LogP contribution in [0.25, 0.3) is 0 Å². The quantitative estimate of drug-likeness (QED) is 0.894. The molecule has 1 N–H and O–H groups in total. The van der Waals surface area contributed by atoms with Gasteiger partial charge in [0.1, 0.15) is 0 Å². The zero-order valence-corrected chi connectivity index (χ0v) is 13.4. The van der Waals surface area contributed by atoms with Crippen molar-refractivity contribution >= 4 is 5.91 Å². The van der Waals surface area contributed by atoms with Crippen molar-refractivity contribution in [2.45, 2.75) is 25.3 Å². The van der Waals surface area contributed by atoms with E-state index in [4.69, 9.17) is 0 Å². The van der Waals surface area contributed by atoms with Crippen molar-refractivity contribution in [1.82, 2.24) is 15.1 Å². The van der Waals surface area contributed by atoms with Crippen LogP contribution in [0.4, 0.5) is 0 Å². The van der Waals surface area contributed by atoms with Gasteiger partial charge in [0.05, 0.1) is 0 Å². The third-order valence-electron chi connectivity index (χ3n) is 4.37. The van der Waals surface area contributed by atoms with Crippen molar-refractivity contribution in [2.75, 3.05) is 40.8 Å². The Hall–Kier alpha value is -1.39. The van der Waals surface area contributed by atoms with Gasteiger partial charge in [0.25, 0.3) is 5.91 Å². The minimum Gasteiger partial charge on any atom is -0.339 e. The molecule has 4 nitrogen and oxygen atoms in total. The fourth-order valence-corrected chi connectivity index (χ4v) is 2.96. The largest absolute Gasteiger partial charge is 0.339 e. The lowest BCUT2D eigenvalue weighted by Crippen LogP contribution is -2.44. The molecule has 0 radical (unpaired) electrons. The van der Waals surface area contributed by atoms with E-state index in [1.807, 2.05) is 30.1 Å². The van der Waals surface area contributed by atoms with Crippen LogP contribution in [0.1, 0.15) is 28.8 Å². The lowest BCUT2D eigenvalue weighted by atomic mass is 10.00. The van der Waals surface area contributed by atoms with Gasteiger partial charge in [0.2, 0.25) is 0 Å². The summed E-state index contributed by atoms with van der Waals surface area (Å²) in [6, 6.07) is 8.61. The van der Waals surface area contributed by atoms with Gasteiger partial charge in [-0.1, -0.05) is 18.2 Å². The third-order valence-corrected chi connectivity index (χ3v) is 4.37. The normalized spacial score (nSPS) is 16.5. The Morgan fingerprint density at radius 3 is 2.57 bits per heavy atom. The van der Waals surface area contributed by atoms with Crippen LogP contribution in [0.2, 0.25) is 0 Å². The molecule has 0 unspecified atom stereocenters. The number of nitrogens with one attached hydrogen (secondary N) is 1. The smallest absolute Gasteiger partial charge is 0.254 e. The predicted molar refractivity (Wildman–Crippen MR) is 86.7 cm³/mol. The molecule has 2 rings (SSSR count). The van der Waals surface area contributed by atoms with Crippen molar-refractivity contribution < 1.29 is 4.79 Å². The average molecular weight is 289 g/mol. The Morgan fingerprint density at radius 2 is 1.95 bits per heavy atom. The highest BCUT2D eigenvalue weighted by molar-refractivity contribution is 5.95. The molecule has 1 fully saturated rings. The first-order valence-corrected chi connectivity index (χ1v) is 7.81. The van der Waals surface area contributed by atoms with Gasteiger partial charge in [-0.25, -0.2) is 0 Å². The molecule has 0 saturated carbocycles. The minimum absolute atomic E-state index is 0.193. The monoisotopic (exact) mass is 289 g/mol. The first-order valence-electron chi connectivity index (χ1n) is 7.81. The molecule has 0 aromatic heterocycles. The van der Waals surface area contributed by atoms with Crippen LogP contribution in [0.3, 0.4) is 0 Å². The Balaban J connectivity index is 2.04. The molecular formula is C17H27N3O. The van der Waals surface area contributed by atoms with Gasteiger partial charge in [0, 0.05) is 24.7 Å². The maximum Gasteiger partial charge on any atom is 0.254 e.